The van der Waals surface area contributed by atoms with E-state index >= 15 is 0 Å². The molecule has 1 N–H and O–H groups in total. The maximum absolute atomic E-state index is 11.9. The van der Waals surface area contributed by atoms with Crippen LogP contribution in [0.4, 0.5) is 5.69 Å². The number of amides is 1. The van der Waals surface area contributed by atoms with E-state index < -0.39 is 5.97 Å². The zero-order chi connectivity index (χ0) is 12.8. The molecule has 1 amide bonds. The molecule has 17 heavy (non-hydrogen) atoms. The van der Waals surface area contributed by atoms with Gasteiger partial charge in [0.2, 0.25) is 5.91 Å². The molecule has 0 unspecified atom stereocenters. The molecule has 0 aromatic heterocycles. The normalized spacial score (nSPS) is 10.0. The molecular weight excluding hydrogens is 218 g/mol. The summed E-state index contributed by atoms with van der Waals surface area (Å²) in [5, 5.41) is 8.86. The average molecular weight is 235 g/mol. The van der Waals surface area contributed by atoms with Gasteiger partial charge in [-0.15, -0.1) is 0 Å². The van der Waals surface area contributed by atoms with Gasteiger partial charge in [0, 0.05) is 12.1 Å². The maximum Gasteiger partial charge on any atom is 0.323 e. The van der Waals surface area contributed by atoms with Crippen LogP contribution >= 0.6 is 0 Å². The van der Waals surface area contributed by atoms with E-state index in [0.717, 1.165) is 5.56 Å². The lowest BCUT2D eigenvalue weighted by Crippen LogP contribution is -2.35. The van der Waals surface area contributed by atoms with E-state index in [1.54, 1.807) is 12.1 Å². The first-order valence-corrected chi connectivity index (χ1v) is 5.64. The van der Waals surface area contributed by atoms with Gasteiger partial charge in [0.05, 0.1) is 0 Å². The van der Waals surface area contributed by atoms with Gasteiger partial charge in [-0.1, -0.05) is 25.1 Å². The Labute approximate surface area is 101 Å². The third-order valence-electron chi connectivity index (χ3n) is 2.46. The molecule has 0 aliphatic carbocycles. The molecule has 0 aliphatic heterocycles. The topological polar surface area (TPSA) is 57.6 Å². The Hall–Kier alpha value is -1.84. The van der Waals surface area contributed by atoms with Crippen LogP contribution in [0.3, 0.4) is 0 Å². The smallest absolute Gasteiger partial charge is 0.323 e. The summed E-state index contributed by atoms with van der Waals surface area (Å²) in [6.45, 7) is 3.47. The van der Waals surface area contributed by atoms with Crippen molar-refractivity contribution in [2.24, 2.45) is 0 Å². The molecule has 0 fully saturated rings. The van der Waals surface area contributed by atoms with Crippen molar-refractivity contribution in [3.63, 3.8) is 0 Å². The lowest BCUT2D eigenvalue weighted by atomic mass is 10.1. The van der Waals surface area contributed by atoms with Gasteiger partial charge in [0.15, 0.2) is 0 Å². The Morgan fingerprint density at radius 1 is 1.29 bits per heavy atom. The molecule has 1 rings (SSSR count). The lowest BCUT2D eigenvalue weighted by Gasteiger charge is -2.22. The van der Waals surface area contributed by atoms with Gasteiger partial charge in [0.1, 0.15) is 6.54 Å². The van der Waals surface area contributed by atoms with Crippen LogP contribution in [0.2, 0.25) is 0 Å². The molecule has 1 aromatic carbocycles. The fourth-order valence-corrected chi connectivity index (χ4v) is 1.66. The number of hydrogen-bond acceptors (Lipinski definition) is 2. The molecule has 0 atom stereocenters. The van der Waals surface area contributed by atoms with E-state index in [1.165, 1.54) is 4.90 Å². The first-order chi connectivity index (χ1) is 8.06. The van der Waals surface area contributed by atoms with Crippen LogP contribution < -0.4 is 4.90 Å². The zero-order valence-electron chi connectivity index (χ0n) is 10.1. The second kappa shape index (κ2) is 6.03. The van der Waals surface area contributed by atoms with Gasteiger partial charge < -0.3 is 10.0 Å². The summed E-state index contributed by atoms with van der Waals surface area (Å²) in [6, 6.07) is 7.30. The van der Waals surface area contributed by atoms with Crippen molar-refractivity contribution in [2.45, 2.75) is 26.7 Å². The molecule has 4 heteroatoms. The van der Waals surface area contributed by atoms with Gasteiger partial charge in [-0.3, -0.25) is 9.59 Å². The van der Waals surface area contributed by atoms with Gasteiger partial charge in [-0.25, -0.2) is 0 Å². The van der Waals surface area contributed by atoms with E-state index in [1.807, 2.05) is 26.0 Å². The Morgan fingerprint density at radius 2 is 1.94 bits per heavy atom. The first kappa shape index (κ1) is 13.2. The largest absolute Gasteiger partial charge is 0.480 e. The molecule has 1 aromatic rings. The summed E-state index contributed by atoms with van der Waals surface area (Å²) in [5.41, 5.74) is 1.58. The number of carboxylic acid groups (broad SMARTS) is 1. The summed E-state index contributed by atoms with van der Waals surface area (Å²) in [6.07, 6.45) is 1.07. The fourth-order valence-electron chi connectivity index (χ4n) is 1.66. The Bertz CT molecular complexity index is 415. The summed E-state index contributed by atoms with van der Waals surface area (Å²) in [7, 11) is 0. The first-order valence-electron chi connectivity index (χ1n) is 5.64. The van der Waals surface area contributed by atoms with Crippen molar-refractivity contribution in [3.05, 3.63) is 29.8 Å². The van der Waals surface area contributed by atoms with Crippen LogP contribution in [0.25, 0.3) is 0 Å². The van der Waals surface area contributed by atoms with Crippen LogP contribution in [-0.2, 0) is 9.59 Å². The highest BCUT2D eigenvalue weighted by atomic mass is 16.4. The van der Waals surface area contributed by atoms with E-state index in [0.29, 0.717) is 18.5 Å². The summed E-state index contributed by atoms with van der Waals surface area (Å²) in [5.74, 6) is -1.15. The molecule has 0 aliphatic rings. The van der Waals surface area contributed by atoms with Crippen LogP contribution in [0, 0.1) is 6.92 Å². The second-order valence-corrected chi connectivity index (χ2v) is 3.91. The SMILES string of the molecule is CCCC(=O)N(CC(=O)O)c1ccccc1C. The molecule has 0 radical (unpaired) electrons. The predicted octanol–water partition coefficient (Wildman–Crippen LogP) is 2.21. The standard InChI is InChI=1S/C13H17NO3/c1-3-6-12(15)14(9-13(16)17)11-8-5-4-7-10(11)2/h4-5,7-8H,3,6,9H2,1-2H3,(H,16,17). The summed E-state index contributed by atoms with van der Waals surface area (Å²) < 4.78 is 0. The average Bonchev–Trinajstić information content (AvgIpc) is 2.27. The number of rotatable bonds is 5. The minimum atomic E-state index is -1.00. The van der Waals surface area contributed by atoms with Gasteiger partial charge in [-0.05, 0) is 25.0 Å². The number of benzene rings is 1. The van der Waals surface area contributed by atoms with Gasteiger partial charge in [-0.2, -0.15) is 0 Å². The van der Waals surface area contributed by atoms with Gasteiger partial charge >= 0.3 is 5.97 Å². The molecule has 0 heterocycles. The monoisotopic (exact) mass is 235 g/mol. The highest BCUT2D eigenvalue weighted by Crippen LogP contribution is 2.20. The highest BCUT2D eigenvalue weighted by molar-refractivity contribution is 5.97. The molecule has 92 valence electrons. The van der Waals surface area contributed by atoms with E-state index in [-0.39, 0.29) is 12.5 Å². The number of carboxylic acids is 1. The molecular formula is C13H17NO3. The minimum Gasteiger partial charge on any atom is -0.480 e. The highest BCUT2D eigenvalue weighted by Gasteiger charge is 2.19. The van der Waals surface area contributed by atoms with Crippen molar-refractivity contribution in [1.29, 1.82) is 0 Å². The Kier molecular flexibility index (Phi) is 4.69. The van der Waals surface area contributed by atoms with Crippen LogP contribution in [0.5, 0.6) is 0 Å². The van der Waals surface area contributed by atoms with Crippen molar-refractivity contribution in [3.8, 4) is 0 Å². The van der Waals surface area contributed by atoms with E-state index in [9.17, 15) is 9.59 Å². The second-order valence-electron chi connectivity index (χ2n) is 3.91. The van der Waals surface area contributed by atoms with Crippen molar-refractivity contribution in [1.82, 2.24) is 0 Å². The summed E-state index contributed by atoms with van der Waals surface area (Å²) >= 11 is 0. The molecule has 0 spiro atoms. The number of aryl methyl sites for hydroxylation is 1. The number of anilines is 1. The maximum atomic E-state index is 11.9. The third-order valence-corrected chi connectivity index (χ3v) is 2.46. The molecule has 0 saturated carbocycles. The third kappa shape index (κ3) is 3.59. The number of para-hydroxylation sites is 1. The Morgan fingerprint density at radius 3 is 2.47 bits per heavy atom. The minimum absolute atomic E-state index is 0.149. The van der Waals surface area contributed by atoms with Crippen molar-refractivity contribution in [2.75, 3.05) is 11.4 Å². The molecule has 0 saturated heterocycles. The van der Waals surface area contributed by atoms with Crippen LogP contribution in [-0.4, -0.2) is 23.5 Å². The van der Waals surface area contributed by atoms with Crippen molar-refractivity contribution >= 4 is 17.6 Å². The number of aliphatic carboxylic acids is 1. The number of carbonyl (C=O) groups is 2. The number of hydrogen-bond donors (Lipinski definition) is 1. The summed E-state index contributed by atoms with van der Waals surface area (Å²) in [4.78, 5) is 24.0. The van der Waals surface area contributed by atoms with Crippen LogP contribution in [0.15, 0.2) is 24.3 Å². The van der Waals surface area contributed by atoms with Crippen molar-refractivity contribution < 1.29 is 14.7 Å². The Balaban J connectivity index is 3.01. The molecule has 0 bridgehead atoms. The van der Waals surface area contributed by atoms with E-state index in [4.69, 9.17) is 5.11 Å². The fraction of sp³-hybridized carbons (Fsp3) is 0.385. The van der Waals surface area contributed by atoms with Gasteiger partial charge in [0.25, 0.3) is 0 Å². The lowest BCUT2D eigenvalue weighted by molar-refractivity contribution is -0.136. The zero-order valence-corrected chi connectivity index (χ0v) is 10.1. The number of carbonyl (C=O) groups excluding carboxylic acids is 1. The van der Waals surface area contributed by atoms with Crippen LogP contribution in [0.1, 0.15) is 25.3 Å². The number of nitrogens with zero attached hydrogens (tertiary/aromatic N) is 1. The van der Waals surface area contributed by atoms with E-state index in [2.05, 4.69) is 0 Å². The molecule has 4 nitrogen and oxygen atoms in total. The predicted molar refractivity (Wildman–Crippen MR) is 66.1 cm³/mol. The quantitative estimate of drug-likeness (QED) is 0.851.